The van der Waals surface area contributed by atoms with E-state index in [4.69, 9.17) is 11.6 Å². The molecule has 0 bridgehead atoms. The predicted octanol–water partition coefficient (Wildman–Crippen LogP) is 4.40. The Morgan fingerprint density at radius 2 is 2.25 bits per heavy atom. The van der Waals surface area contributed by atoms with E-state index in [0.29, 0.717) is 12.0 Å². The summed E-state index contributed by atoms with van der Waals surface area (Å²) in [5, 5.41) is 5.79. The lowest BCUT2D eigenvalue weighted by atomic mass is 9.86. The largest absolute Gasteiger partial charge is 0.309 e. The number of halogens is 2. The highest BCUT2D eigenvalue weighted by Gasteiger charge is 2.23. The van der Waals surface area contributed by atoms with Gasteiger partial charge in [0, 0.05) is 27.8 Å². The van der Waals surface area contributed by atoms with Gasteiger partial charge in [-0.25, -0.2) is 0 Å². The van der Waals surface area contributed by atoms with Crippen molar-refractivity contribution in [1.82, 2.24) is 5.32 Å². The average Bonchev–Trinajstić information content (AvgIpc) is 2.72. The topological polar surface area (TPSA) is 12.0 Å². The van der Waals surface area contributed by atoms with Gasteiger partial charge < -0.3 is 5.32 Å². The lowest BCUT2D eigenvalue weighted by Gasteiger charge is -2.30. The number of nitrogens with one attached hydrogen (secondary N) is 1. The van der Waals surface area contributed by atoms with Crippen LogP contribution in [-0.2, 0) is 6.54 Å². The van der Waals surface area contributed by atoms with Gasteiger partial charge in [-0.3, -0.25) is 0 Å². The summed E-state index contributed by atoms with van der Waals surface area (Å²) in [6.07, 6.45) is 5.25. The maximum absolute atomic E-state index is 6.02. The fourth-order valence-electron chi connectivity index (χ4n) is 2.34. The fourth-order valence-corrected chi connectivity index (χ4v) is 4.15. The molecule has 0 amide bonds. The van der Waals surface area contributed by atoms with Crippen LogP contribution in [0.3, 0.4) is 0 Å². The first-order valence-corrected chi connectivity index (χ1v) is 8.03. The Bertz CT molecular complexity index is 329. The highest BCUT2D eigenvalue weighted by molar-refractivity contribution is 9.10. The van der Waals surface area contributed by atoms with E-state index in [0.717, 1.165) is 12.4 Å². The maximum Gasteiger partial charge on any atom is 0.0327 e. The Kier molecular flexibility index (Phi) is 5.14. The first-order chi connectivity index (χ1) is 7.81. The standard InChI is InChI=1S/C12H17BrClNS/c13-10-5-6-16-12(10)8-15-11-4-2-1-3-9(11)7-14/h5-6,9,11,15H,1-4,7-8H2. The van der Waals surface area contributed by atoms with E-state index in [1.807, 2.05) is 0 Å². The fraction of sp³-hybridized carbons (Fsp3) is 0.667. The zero-order valence-electron chi connectivity index (χ0n) is 9.22. The molecule has 1 aliphatic rings. The van der Waals surface area contributed by atoms with Crippen LogP contribution >= 0.6 is 38.9 Å². The molecule has 0 aromatic carbocycles. The summed E-state index contributed by atoms with van der Waals surface area (Å²) in [4.78, 5) is 1.39. The first-order valence-electron chi connectivity index (χ1n) is 5.82. The molecule has 0 saturated heterocycles. The number of rotatable bonds is 4. The van der Waals surface area contributed by atoms with E-state index < -0.39 is 0 Å². The number of alkyl halides is 1. The minimum atomic E-state index is 0.611. The van der Waals surface area contributed by atoms with E-state index >= 15 is 0 Å². The van der Waals surface area contributed by atoms with Gasteiger partial charge in [0.05, 0.1) is 0 Å². The third-order valence-electron chi connectivity index (χ3n) is 3.32. The van der Waals surface area contributed by atoms with Gasteiger partial charge in [0.1, 0.15) is 0 Å². The van der Waals surface area contributed by atoms with Crippen molar-refractivity contribution in [1.29, 1.82) is 0 Å². The van der Waals surface area contributed by atoms with Gasteiger partial charge in [-0.05, 0) is 46.1 Å². The predicted molar refractivity (Wildman–Crippen MR) is 75.3 cm³/mol. The molecule has 1 fully saturated rings. The van der Waals surface area contributed by atoms with Crippen LogP contribution in [0.15, 0.2) is 15.9 Å². The minimum absolute atomic E-state index is 0.611. The summed E-state index contributed by atoms with van der Waals surface area (Å²) in [6, 6.07) is 2.72. The third kappa shape index (κ3) is 3.22. The van der Waals surface area contributed by atoms with Gasteiger partial charge in [0.15, 0.2) is 0 Å². The zero-order chi connectivity index (χ0) is 11.4. The maximum atomic E-state index is 6.02. The van der Waals surface area contributed by atoms with E-state index in [-0.39, 0.29) is 0 Å². The Hall–Kier alpha value is 0.430. The average molecular weight is 323 g/mol. The van der Waals surface area contributed by atoms with Gasteiger partial charge >= 0.3 is 0 Å². The van der Waals surface area contributed by atoms with Crippen molar-refractivity contribution in [2.75, 3.05) is 5.88 Å². The van der Waals surface area contributed by atoms with E-state index in [1.54, 1.807) is 11.3 Å². The van der Waals surface area contributed by atoms with E-state index in [2.05, 4.69) is 32.7 Å². The minimum Gasteiger partial charge on any atom is -0.309 e. The first kappa shape index (κ1) is 12.9. The van der Waals surface area contributed by atoms with Crippen LogP contribution in [0.2, 0.25) is 0 Å². The molecule has 0 aliphatic heterocycles. The molecule has 4 heteroatoms. The molecule has 0 radical (unpaired) electrons. The Morgan fingerprint density at radius 3 is 2.94 bits per heavy atom. The van der Waals surface area contributed by atoms with Crippen LogP contribution in [0.4, 0.5) is 0 Å². The second kappa shape index (κ2) is 6.39. The van der Waals surface area contributed by atoms with Crippen molar-refractivity contribution >= 4 is 38.9 Å². The molecule has 2 atom stereocenters. The summed E-state index contributed by atoms with van der Waals surface area (Å²) < 4.78 is 1.23. The molecule has 1 aromatic rings. The lowest BCUT2D eigenvalue weighted by Crippen LogP contribution is -2.38. The number of thiophene rings is 1. The van der Waals surface area contributed by atoms with Crippen LogP contribution in [0.5, 0.6) is 0 Å². The molecule has 0 spiro atoms. The molecule has 1 saturated carbocycles. The van der Waals surface area contributed by atoms with Crippen molar-refractivity contribution < 1.29 is 0 Å². The summed E-state index contributed by atoms with van der Waals surface area (Å²) in [5.41, 5.74) is 0. The second-order valence-corrected chi connectivity index (χ2v) is 6.54. The quantitative estimate of drug-likeness (QED) is 0.810. The SMILES string of the molecule is ClCC1CCCCC1NCc1sccc1Br. The molecule has 1 heterocycles. The van der Waals surface area contributed by atoms with Gasteiger partial charge in [0.25, 0.3) is 0 Å². The summed E-state index contributed by atoms with van der Waals surface area (Å²) in [6.45, 7) is 0.969. The molecule has 1 aromatic heterocycles. The van der Waals surface area contributed by atoms with E-state index in [9.17, 15) is 0 Å². The molecule has 2 rings (SSSR count). The van der Waals surface area contributed by atoms with Gasteiger partial charge in [-0.1, -0.05) is 12.8 Å². The monoisotopic (exact) mass is 321 g/mol. The summed E-state index contributed by atoms with van der Waals surface area (Å²) in [7, 11) is 0. The molecule has 1 nitrogen and oxygen atoms in total. The van der Waals surface area contributed by atoms with Crippen LogP contribution < -0.4 is 5.32 Å². The molecule has 1 aliphatic carbocycles. The number of hydrogen-bond acceptors (Lipinski definition) is 2. The van der Waals surface area contributed by atoms with Crippen molar-refractivity contribution in [2.24, 2.45) is 5.92 Å². The van der Waals surface area contributed by atoms with Crippen molar-refractivity contribution in [3.8, 4) is 0 Å². The molecular weight excluding hydrogens is 306 g/mol. The van der Waals surface area contributed by atoms with Gasteiger partial charge in [0.2, 0.25) is 0 Å². The van der Waals surface area contributed by atoms with Crippen molar-refractivity contribution in [2.45, 2.75) is 38.3 Å². The van der Waals surface area contributed by atoms with Crippen LogP contribution in [-0.4, -0.2) is 11.9 Å². The molecule has 90 valence electrons. The lowest BCUT2D eigenvalue weighted by molar-refractivity contribution is 0.283. The van der Waals surface area contributed by atoms with Crippen molar-refractivity contribution in [3.63, 3.8) is 0 Å². The second-order valence-electron chi connectivity index (χ2n) is 4.38. The third-order valence-corrected chi connectivity index (χ3v) is 5.65. The molecule has 1 N–H and O–H groups in total. The summed E-state index contributed by atoms with van der Waals surface area (Å²) >= 11 is 11.4. The Morgan fingerprint density at radius 1 is 1.44 bits per heavy atom. The Labute approximate surface area is 115 Å². The van der Waals surface area contributed by atoms with Crippen LogP contribution in [0, 0.1) is 5.92 Å². The Balaban J connectivity index is 1.86. The molecule has 2 unspecified atom stereocenters. The normalized spacial score (nSPS) is 25.9. The van der Waals surface area contributed by atoms with Crippen LogP contribution in [0.25, 0.3) is 0 Å². The van der Waals surface area contributed by atoms with Crippen LogP contribution in [0.1, 0.15) is 30.6 Å². The zero-order valence-corrected chi connectivity index (χ0v) is 12.4. The number of hydrogen-bond donors (Lipinski definition) is 1. The van der Waals surface area contributed by atoms with Gasteiger partial charge in [-0.2, -0.15) is 0 Å². The van der Waals surface area contributed by atoms with E-state index in [1.165, 1.54) is 35.0 Å². The molecule has 16 heavy (non-hydrogen) atoms. The highest BCUT2D eigenvalue weighted by atomic mass is 79.9. The molecular formula is C12H17BrClNS. The van der Waals surface area contributed by atoms with Gasteiger partial charge in [-0.15, -0.1) is 22.9 Å². The summed E-state index contributed by atoms with van der Waals surface area (Å²) in [5.74, 6) is 1.46. The smallest absolute Gasteiger partial charge is 0.0327 e. The highest BCUT2D eigenvalue weighted by Crippen LogP contribution is 2.27. The van der Waals surface area contributed by atoms with Crippen molar-refractivity contribution in [3.05, 3.63) is 20.8 Å².